The third-order valence-corrected chi connectivity index (χ3v) is 6.12. The highest BCUT2D eigenvalue weighted by molar-refractivity contribution is 9.10. The molecule has 0 saturated heterocycles. The molecule has 0 aliphatic heterocycles. The van der Waals surface area contributed by atoms with Crippen molar-refractivity contribution in [3.05, 3.63) is 44.8 Å². The van der Waals surface area contributed by atoms with E-state index in [0.29, 0.717) is 0 Å². The van der Waals surface area contributed by atoms with E-state index in [0.717, 1.165) is 20.5 Å². The van der Waals surface area contributed by atoms with Gasteiger partial charge in [0.05, 0.1) is 4.75 Å². The fraction of sp³-hybridized carbons (Fsp3) is 0.333. The van der Waals surface area contributed by atoms with Crippen molar-refractivity contribution in [2.24, 2.45) is 0 Å². The zero-order chi connectivity index (χ0) is 14.8. The standard InChI is InChI=1S/C15H19BrO2S/c1-6-7-8-12-9-13(10-14(16)11(12)2)15(3,4)19(5,17)18/h6-10H,2H2,1,3-5H3/b7-6-,12-8-. The molecule has 1 aromatic rings. The Hall–Kier alpha value is -0.870. The van der Waals surface area contributed by atoms with Gasteiger partial charge in [0, 0.05) is 10.7 Å². The van der Waals surface area contributed by atoms with Crippen molar-refractivity contribution < 1.29 is 8.42 Å². The molecule has 19 heavy (non-hydrogen) atoms. The van der Waals surface area contributed by atoms with Crippen LogP contribution in [0.25, 0.3) is 12.7 Å². The van der Waals surface area contributed by atoms with Gasteiger partial charge in [-0.05, 0) is 48.9 Å². The minimum Gasteiger partial charge on any atom is -0.228 e. The van der Waals surface area contributed by atoms with Crippen molar-refractivity contribution in [2.75, 3.05) is 6.26 Å². The van der Waals surface area contributed by atoms with Crippen molar-refractivity contribution in [3.8, 4) is 0 Å². The minimum absolute atomic E-state index is 0.755. The van der Waals surface area contributed by atoms with Crippen LogP contribution in [0.5, 0.6) is 0 Å². The smallest absolute Gasteiger partial charge is 0.156 e. The lowest BCUT2D eigenvalue weighted by atomic mass is 10.0. The molecule has 0 N–H and O–H groups in total. The van der Waals surface area contributed by atoms with Gasteiger partial charge in [0.2, 0.25) is 0 Å². The molecule has 0 aromatic heterocycles. The molecule has 0 radical (unpaired) electrons. The number of sulfone groups is 1. The second kappa shape index (κ2) is 5.63. The molecule has 0 aliphatic rings. The molecule has 0 atom stereocenters. The van der Waals surface area contributed by atoms with Crippen LogP contribution in [-0.2, 0) is 14.6 Å². The lowest BCUT2D eigenvalue weighted by Gasteiger charge is -2.23. The Morgan fingerprint density at radius 1 is 1.32 bits per heavy atom. The molecule has 2 nitrogen and oxygen atoms in total. The van der Waals surface area contributed by atoms with Gasteiger partial charge >= 0.3 is 0 Å². The molecule has 1 rings (SSSR count). The largest absolute Gasteiger partial charge is 0.228 e. The zero-order valence-electron chi connectivity index (χ0n) is 11.7. The Kier molecular flexibility index (Phi) is 4.80. The van der Waals surface area contributed by atoms with Gasteiger partial charge in [0.15, 0.2) is 9.84 Å². The van der Waals surface area contributed by atoms with Crippen LogP contribution in [0, 0.1) is 0 Å². The van der Waals surface area contributed by atoms with Gasteiger partial charge in [-0.25, -0.2) is 8.42 Å². The molecule has 0 aliphatic carbocycles. The number of hydrogen-bond acceptors (Lipinski definition) is 2. The molecule has 0 bridgehead atoms. The fourth-order valence-electron chi connectivity index (χ4n) is 1.57. The molecule has 0 saturated carbocycles. The highest BCUT2D eigenvalue weighted by Crippen LogP contribution is 2.28. The van der Waals surface area contributed by atoms with Crippen molar-refractivity contribution in [1.29, 1.82) is 0 Å². The van der Waals surface area contributed by atoms with Gasteiger partial charge < -0.3 is 0 Å². The zero-order valence-corrected chi connectivity index (χ0v) is 14.1. The molecular formula is C15H19BrO2S. The van der Waals surface area contributed by atoms with Crippen LogP contribution in [0.15, 0.2) is 28.8 Å². The molecule has 0 spiro atoms. The summed E-state index contributed by atoms with van der Waals surface area (Å²) in [6.45, 7) is 9.36. The average molecular weight is 343 g/mol. The first-order valence-electron chi connectivity index (χ1n) is 5.93. The topological polar surface area (TPSA) is 34.1 Å². The fourth-order valence-corrected chi connectivity index (χ4v) is 2.59. The van der Waals surface area contributed by atoms with E-state index in [4.69, 9.17) is 0 Å². The van der Waals surface area contributed by atoms with Crippen LogP contribution in [0.2, 0.25) is 0 Å². The minimum atomic E-state index is -3.20. The van der Waals surface area contributed by atoms with E-state index < -0.39 is 14.6 Å². The summed E-state index contributed by atoms with van der Waals surface area (Å²) >= 11 is 3.45. The maximum atomic E-state index is 11.9. The van der Waals surface area contributed by atoms with Crippen molar-refractivity contribution in [3.63, 3.8) is 0 Å². The van der Waals surface area contributed by atoms with Gasteiger partial charge in [-0.15, -0.1) is 0 Å². The highest BCUT2D eigenvalue weighted by Gasteiger charge is 2.32. The van der Waals surface area contributed by atoms with Crippen LogP contribution in [0.4, 0.5) is 0 Å². The average Bonchev–Trinajstić information content (AvgIpc) is 2.29. The Labute approximate surface area is 123 Å². The van der Waals surface area contributed by atoms with E-state index in [2.05, 4.69) is 22.5 Å². The Morgan fingerprint density at radius 2 is 1.89 bits per heavy atom. The van der Waals surface area contributed by atoms with Gasteiger partial charge in [-0.2, -0.15) is 0 Å². The Bertz CT molecular complexity index is 713. The van der Waals surface area contributed by atoms with E-state index in [-0.39, 0.29) is 0 Å². The predicted octanol–water partition coefficient (Wildman–Crippen LogP) is 2.50. The number of hydrogen-bond donors (Lipinski definition) is 0. The summed E-state index contributed by atoms with van der Waals surface area (Å²) in [4.78, 5) is 0. The first-order chi connectivity index (χ1) is 8.61. The number of allylic oxidation sites excluding steroid dienone is 2. The molecular weight excluding hydrogens is 324 g/mol. The van der Waals surface area contributed by atoms with Gasteiger partial charge in [0.1, 0.15) is 0 Å². The van der Waals surface area contributed by atoms with Crippen molar-refractivity contribution in [2.45, 2.75) is 25.5 Å². The number of rotatable bonds is 3. The van der Waals surface area contributed by atoms with Gasteiger partial charge in [-0.3, -0.25) is 0 Å². The van der Waals surface area contributed by atoms with Crippen LogP contribution >= 0.6 is 15.9 Å². The summed E-state index contributed by atoms with van der Waals surface area (Å²) in [7, 11) is -3.20. The predicted molar refractivity (Wildman–Crippen MR) is 86.1 cm³/mol. The van der Waals surface area contributed by atoms with Crippen LogP contribution in [0.1, 0.15) is 26.3 Å². The maximum Gasteiger partial charge on any atom is 0.156 e. The monoisotopic (exact) mass is 342 g/mol. The van der Waals surface area contributed by atoms with Crippen LogP contribution in [-0.4, -0.2) is 14.7 Å². The molecule has 0 amide bonds. The Morgan fingerprint density at radius 3 is 2.37 bits per heavy atom. The third kappa shape index (κ3) is 3.37. The molecule has 104 valence electrons. The molecule has 0 fully saturated rings. The van der Waals surface area contributed by atoms with Gasteiger partial charge in [0.25, 0.3) is 0 Å². The molecule has 0 unspecified atom stereocenters. The second-order valence-electron chi connectivity index (χ2n) is 5.00. The summed E-state index contributed by atoms with van der Waals surface area (Å²) in [6.07, 6.45) is 7.01. The van der Waals surface area contributed by atoms with Gasteiger partial charge in [-0.1, -0.05) is 40.7 Å². The second-order valence-corrected chi connectivity index (χ2v) is 8.42. The first-order valence-corrected chi connectivity index (χ1v) is 8.61. The summed E-state index contributed by atoms with van der Waals surface area (Å²) in [5, 5.41) is 1.77. The van der Waals surface area contributed by atoms with Crippen molar-refractivity contribution in [1.82, 2.24) is 0 Å². The molecule has 1 aromatic carbocycles. The summed E-state index contributed by atoms with van der Waals surface area (Å²) in [6, 6.07) is 3.71. The third-order valence-electron chi connectivity index (χ3n) is 3.32. The van der Waals surface area contributed by atoms with E-state index in [1.807, 2.05) is 37.3 Å². The van der Waals surface area contributed by atoms with E-state index >= 15 is 0 Å². The van der Waals surface area contributed by atoms with Crippen LogP contribution in [0.3, 0.4) is 0 Å². The normalized spacial score (nSPS) is 14.3. The highest BCUT2D eigenvalue weighted by atomic mass is 79.9. The SMILES string of the molecule is C=c1c(Br)cc(C(C)(C)S(C)(=O)=O)c/c1=C/C=C\C. The molecule has 0 heterocycles. The molecule has 4 heteroatoms. The number of benzene rings is 1. The maximum absolute atomic E-state index is 11.9. The van der Waals surface area contributed by atoms with E-state index in [1.165, 1.54) is 6.26 Å². The Balaban J connectivity index is 3.67. The quantitative estimate of drug-likeness (QED) is 0.845. The number of halogens is 1. The van der Waals surface area contributed by atoms with E-state index in [1.54, 1.807) is 13.8 Å². The first kappa shape index (κ1) is 16.2. The summed E-state index contributed by atoms with van der Waals surface area (Å²) < 4.78 is 23.7. The van der Waals surface area contributed by atoms with Crippen molar-refractivity contribution >= 4 is 38.4 Å². The summed E-state index contributed by atoms with van der Waals surface area (Å²) in [5.41, 5.74) is 0.755. The van der Waals surface area contributed by atoms with Crippen LogP contribution < -0.4 is 10.4 Å². The lowest BCUT2D eigenvalue weighted by molar-refractivity contribution is 0.561. The summed E-state index contributed by atoms with van der Waals surface area (Å²) in [5.74, 6) is 0. The lowest BCUT2D eigenvalue weighted by Crippen LogP contribution is -2.33. The van der Waals surface area contributed by atoms with E-state index in [9.17, 15) is 8.42 Å².